The van der Waals surface area contributed by atoms with E-state index in [1.807, 2.05) is 91.0 Å². The maximum Gasteiger partial charge on any atom is 0.360 e. The number of benzene rings is 3. The summed E-state index contributed by atoms with van der Waals surface area (Å²) in [5, 5.41) is 19.5. The van der Waals surface area contributed by atoms with Crippen molar-refractivity contribution in [3.05, 3.63) is 119 Å². The molecule has 3 aromatic carbocycles. The van der Waals surface area contributed by atoms with Crippen LogP contribution in [0.1, 0.15) is 56.5 Å². The van der Waals surface area contributed by atoms with Crippen molar-refractivity contribution in [2.75, 3.05) is 5.32 Å². The van der Waals surface area contributed by atoms with Crippen LogP contribution in [0.25, 0.3) is 0 Å². The summed E-state index contributed by atoms with van der Waals surface area (Å²) >= 11 is 1.26. The maximum absolute atomic E-state index is 12.1. The van der Waals surface area contributed by atoms with E-state index >= 15 is 0 Å². The van der Waals surface area contributed by atoms with Crippen LogP contribution in [0.4, 0.5) is 5.13 Å². The highest BCUT2D eigenvalue weighted by Crippen LogP contribution is 2.40. The number of hydrogen-bond acceptors (Lipinski definition) is 8. The van der Waals surface area contributed by atoms with E-state index in [1.54, 1.807) is 33.1 Å². The number of hydrogen-bond donors (Lipinski definition) is 2. The second-order valence-corrected chi connectivity index (χ2v) is 11.3. The van der Waals surface area contributed by atoms with Crippen molar-refractivity contribution in [1.29, 1.82) is 0 Å². The first-order chi connectivity index (χ1) is 19.6. The van der Waals surface area contributed by atoms with Gasteiger partial charge in [-0.15, -0.1) is 11.3 Å². The highest BCUT2D eigenvalue weighted by Gasteiger charge is 2.37. The zero-order chi connectivity index (χ0) is 29.5. The Morgan fingerprint density at radius 3 is 1.83 bits per heavy atom. The molecule has 0 fully saturated rings. The van der Waals surface area contributed by atoms with Crippen molar-refractivity contribution in [3.63, 3.8) is 0 Å². The van der Waals surface area contributed by atoms with Gasteiger partial charge in [-0.2, -0.15) is 0 Å². The summed E-state index contributed by atoms with van der Waals surface area (Å²) < 4.78 is 5.30. The molecule has 212 valence electrons. The van der Waals surface area contributed by atoms with Crippen LogP contribution < -0.4 is 5.32 Å². The molecule has 0 saturated carbocycles. The number of carboxylic acids is 1. The van der Waals surface area contributed by atoms with Crippen LogP contribution in [-0.2, 0) is 24.7 Å². The van der Waals surface area contributed by atoms with Crippen molar-refractivity contribution >= 4 is 34.1 Å². The van der Waals surface area contributed by atoms with E-state index in [9.17, 15) is 14.7 Å². The van der Waals surface area contributed by atoms with Gasteiger partial charge >= 0.3 is 11.9 Å². The van der Waals surface area contributed by atoms with Crippen molar-refractivity contribution in [3.8, 4) is 0 Å². The summed E-state index contributed by atoms with van der Waals surface area (Å²) in [6.45, 7) is 6.93. The van der Waals surface area contributed by atoms with Gasteiger partial charge in [0.25, 0.3) is 0 Å². The molecular weight excluding hydrogens is 538 g/mol. The number of carbonyl (C=O) groups is 2. The monoisotopic (exact) mass is 571 g/mol. The number of carboxylic acid groups (broad SMARTS) is 1. The Balaban J connectivity index is 1.67. The van der Waals surface area contributed by atoms with Crippen LogP contribution in [0.2, 0.25) is 0 Å². The Kier molecular flexibility index (Phi) is 9.19. The average molecular weight is 572 g/mol. The number of rotatable bonds is 11. The first kappa shape index (κ1) is 29.5. The molecule has 0 amide bonds. The number of oxime groups is 1. The van der Waals surface area contributed by atoms with E-state index in [0.29, 0.717) is 5.13 Å². The highest BCUT2D eigenvalue weighted by atomic mass is 32.1. The minimum absolute atomic E-state index is 0.0781. The quantitative estimate of drug-likeness (QED) is 0.0918. The van der Waals surface area contributed by atoms with Crippen LogP contribution >= 0.6 is 11.3 Å². The second kappa shape index (κ2) is 12.8. The molecule has 2 N–H and O–H groups in total. The Hall–Kier alpha value is -4.50. The summed E-state index contributed by atoms with van der Waals surface area (Å²) in [6.07, 6.45) is -0.775. The van der Waals surface area contributed by atoms with Crippen LogP contribution in [-0.4, -0.2) is 39.4 Å². The standard InChI is InChI=1S/C32H33N3O5S/c1-22(20-27(36)39-31(2,3)4)40-35-28(29(37)38)26-21-41-30(33-26)34-32(23-14-8-5-9-15-23,24-16-10-6-11-17-24)25-18-12-7-13-19-25/h5-19,21-22H,20H2,1-4H3,(H,33,34)(H,37,38)/b35-28-. The van der Waals surface area contributed by atoms with Gasteiger partial charge in [0.2, 0.25) is 5.71 Å². The fraction of sp³-hybridized carbons (Fsp3) is 0.250. The first-order valence-corrected chi connectivity index (χ1v) is 14.1. The summed E-state index contributed by atoms with van der Waals surface area (Å²) in [5.74, 6) is -1.76. The SMILES string of the molecule is CC(CC(=O)OC(C)(C)C)O/N=C(\C(=O)O)c1csc(NC(c2ccccc2)(c2ccccc2)c2ccccc2)n1. The minimum Gasteiger partial charge on any atom is -0.476 e. The molecule has 0 radical (unpaired) electrons. The zero-order valence-electron chi connectivity index (χ0n) is 23.4. The number of aromatic nitrogens is 1. The average Bonchev–Trinajstić information content (AvgIpc) is 3.40. The van der Waals surface area contributed by atoms with Gasteiger partial charge in [-0.25, -0.2) is 9.78 Å². The highest BCUT2D eigenvalue weighted by molar-refractivity contribution is 7.14. The fourth-order valence-corrected chi connectivity index (χ4v) is 5.13. The van der Waals surface area contributed by atoms with Gasteiger partial charge in [0.05, 0.1) is 6.42 Å². The molecule has 8 nitrogen and oxygen atoms in total. The first-order valence-electron chi connectivity index (χ1n) is 13.2. The molecule has 0 aliphatic carbocycles. The van der Waals surface area contributed by atoms with Crippen LogP contribution in [0, 0.1) is 0 Å². The van der Waals surface area contributed by atoms with Gasteiger partial charge in [0, 0.05) is 5.38 Å². The number of carbonyl (C=O) groups excluding carboxylic acids is 1. The third kappa shape index (κ3) is 7.37. The van der Waals surface area contributed by atoms with Crippen LogP contribution in [0.3, 0.4) is 0 Å². The lowest BCUT2D eigenvalue weighted by Gasteiger charge is -2.36. The summed E-state index contributed by atoms with van der Waals surface area (Å²) in [4.78, 5) is 34.2. The molecule has 1 aromatic heterocycles. The summed E-state index contributed by atoms with van der Waals surface area (Å²) in [6, 6.07) is 30.1. The number of nitrogens with one attached hydrogen (secondary N) is 1. The molecule has 1 atom stereocenters. The number of nitrogens with zero attached hydrogens (tertiary/aromatic N) is 2. The van der Waals surface area contributed by atoms with Crippen molar-refractivity contribution < 1.29 is 24.3 Å². The lowest BCUT2D eigenvalue weighted by molar-refractivity contribution is -0.157. The number of aliphatic carboxylic acids is 1. The largest absolute Gasteiger partial charge is 0.476 e. The van der Waals surface area contributed by atoms with E-state index in [-0.39, 0.29) is 17.8 Å². The lowest BCUT2D eigenvalue weighted by atomic mass is 9.77. The van der Waals surface area contributed by atoms with Gasteiger partial charge in [-0.1, -0.05) is 96.2 Å². The summed E-state index contributed by atoms with van der Waals surface area (Å²) in [5.41, 5.74) is 1.28. The topological polar surface area (TPSA) is 110 Å². The summed E-state index contributed by atoms with van der Waals surface area (Å²) in [7, 11) is 0. The van der Waals surface area contributed by atoms with Crippen molar-refractivity contribution in [2.24, 2.45) is 5.16 Å². The third-order valence-corrected chi connectivity index (χ3v) is 6.82. The Morgan fingerprint density at radius 1 is 0.902 bits per heavy atom. The van der Waals surface area contributed by atoms with Crippen LogP contribution in [0.15, 0.2) is 102 Å². The molecule has 4 aromatic rings. The van der Waals surface area contributed by atoms with Gasteiger partial charge in [-0.05, 0) is 44.4 Å². The predicted molar refractivity (Wildman–Crippen MR) is 160 cm³/mol. The molecule has 0 spiro atoms. The van der Waals surface area contributed by atoms with Crippen LogP contribution in [0.5, 0.6) is 0 Å². The number of ether oxygens (including phenoxy) is 1. The number of esters is 1. The van der Waals surface area contributed by atoms with E-state index < -0.39 is 29.2 Å². The number of thiazole rings is 1. The molecule has 9 heteroatoms. The van der Waals surface area contributed by atoms with Gasteiger partial charge in [-0.3, -0.25) is 4.79 Å². The smallest absolute Gasteiger partial charge is 0.360 e. The van der Waals surface area contributed by atoms with E-state index in [2.05, 4.69) is 15.5 Å². The molecule has 0 bridgehead atoms. The molecule has 41 heavy (non-hydrogen) atoms. The fourth-order valence-electron chi connectivity index (χ4n) is 4.37. The van der Waals surface area contributed by atoms with Crippen molar-refractivity contribution in [2.45, 2.75) is 51.4 Å². The molecule has 0 aliphatic rings. The van der Waals surface area contributed by atoms with E-state index in [4.69, 9.17) is 9.57 Å². The second-order valence-electron chi connectivity index (χ2n) is 10.5. The predicted octanol–water partition coefficient (Wildman–Crippen LogP) is 6.47. The van der Waals surface area contributed by atoms with E-state index in [1.165, 1.54) is 11.3 Å². The molecule has 4 rings (SSSR count). The molecule has 1 unspecified atom stereocenters. The molecule has 0 saturated heterocycles. The Bertz CT molecular complexity index is 1390. The Morgan fingerprint density at radius 2 is 1.39 bits per heavy atom. The molecule has 1 heterocycles. The number of anilines is 1. The maximum atomic E-state index is 12.1. The van der Waals surface area contributed by atoms with E-state index in [0.717, 1.165) is 16.7 Å². The molecule has 0 aliphatic heterocycles. The van der Waals surface area contributed by atoms with Gasteiger partial charge in [0.1, 0.15) is 22.9 Å². The lowest BCUT2D eigenvalue weighted by Crippen LogP contribution is -2.38. The van der Waals surface area contributed by atoms with Crippen molar-refractivity contribution in [1.82, 2.24) is 4.98 Å². The Labute approximate surface area is 243 Å². The third-order valence-electron chi connectivity index (χ3n) is 6.06. The normalized spacial score (nSPS) is 12.8. The minimum atomic E-state index is -1.30. The zero-order valence-corrected chi connectivity index (χ0v) is 24.2. The van der Waals surface area contributed by atoms with Gasteiger partial charge < -0.3 is 20.0 Å². The molecular formula is C32H33N3O5S. The van der Waals surface area contributed by atoms with Gasteiger partial charge in [0.15, 0.2) is 5.13 Å².